The molecule has 45 heavy (non-hydrogen) atoms. The number of morpholine rings is 1. The van der Waals surface area contributed by atoms with Crippen molar-refractivity contribution in [2.45, 2.75) is 70.1 Å². The van der Waals surface area contributed by atoms with E-state index in [9.17, 15) is 23.1 Å². The SMILES string of the molecule is CC(C)C(CN(c1ccccc1F)S(=O)(=O)C(C)(C)C)N1C(=O)[C@H](CC(=O)O)O[C@H](c2cccc(Cl)c2)[C@H]1c1ccc(Cl)cc1. The Morgan fingerprint density at radius 2 is 1.64 bits per heavy atom. The van der Waals surface area contributed by atoms with Gasteiger partial charge in [0.1, 0.15) is 18.0 Å². The van der Waals surface area contributed by atoms with Crippen LogP contribution >= 0.6 is 23.2 Å². The fourth-order valence-corrected chi connectivity index (χ4v) is 7.20. The molecule has 1 amide bonds. The highest BCUT2D eigenvalue weighted by atomic mass is 35.5. The Hall–Kier alpha value is -3.18. The van der Waals surface area contributed by atoms with Crippen molar-refractivity contribution in [2.75, 3.05) is 10.8 Å². The summed E-state index contributed by atoms with van der Waals surface area (Å²) < 4.78 is 49.5. The normalized spacial score (nSPS) is 19.9. The van der Waals surface area contributed by atoms with Gasteiger partial charge in [-0.2, -0.15) is 0 Å². The molecule has 1 saturated heterocycles. The lowest BCUT2D eigenvalue weighted by Gasteiger charge is -2.50. The number of nitrogens with zero attached hydrogens (tertiary/aromatic N) is 2. The fourth-order valence-electron chi connectivity index (χ4n) is 5.46. The summed E-state index contributed by atoms with van der Waals surface area (Å²) in [5.74, 6) is -2.99. The number of anilines is 1. The third-order valence-electron chi connectivity index (χ3n) is 7.84. The van der Waals surface area contributed by atoms with Crippen LogP contribution in [0.2, 0.25) is 10.0 Å². The highest BCUT2D eigenvalue weighted by Gasteiger charge is 2.49. The Kier molecular flexibility index (Phi) is 10.5. The van der Waals surface area contributed by atoms with Gasteiger partial charge in [-0.15, -0.1) is 0 Å². The van der Waals surface area contributed by atoms with Crippen LogP contribution in [0.1, 0.15) is 64.3 Å². The zero-order valence-electron chi connectivity index (χ0n) is 25.7. The van der Waals surface area contributed by atoms with E-state index in [1.54, 1.807) is 54.6 Å². The van der Waals surface area contributed by atoms with E-state index in [-0.39, 0.29) is 18.2 Å². The lowest BCUT2D eigenvalue weighted by atomic mass is 9.88. The minimum atomic E-state index is -4.20. The second kappa shape index (κ2) is 13.7. The van der Waals surface area contributed by atoms with Gasteiger partial charge in [0.15, 0.2) is 0 Å². The summed E-state index contributed by atoms with van der Waals surface area (Å²) in [7, 11) is -4.20. The summed E-state index contributed by atoms with van der Waals surface area (Å²) in [6.07, 6.45) is -2.91. The van der Waals surface area contributed by atoms with Crippen LogP contribution in [0.5, 0.6) is 0 Å². The number of rotatable bonds is 10. The first-order valence-electron chi connectivity index (χ1n) is 14.5. The van der Waals surface area contributed by atoms with Crippen LogP contribution in [0, 0.1) is 11.7 Å². The summed E-state index contributed by atoms with van der Waals surface area (Å²) in [6.45, 7) is 7.92. The molecule has 242 valence electrons. The Morgan fingerprint density at radius 1 is 1.00 bits per heavy atom. The molecular formula is C33H37Cl2FN2O6S. The quantitative estimate of drug-likeness (QED) is 0.242. The average Bonchev–Trinajstić information content (AvgIpc) is 2.95. The van der Waals surface area contributed by atoms with Gasteiger partial charge >= 0.3 is 5.97 Å². The summed E-state index contributed by atoms with van der Waals surface area (Å²) >= 11 is 12.6. The second-order valence-electron chi connectivity index (χ2n) is 12.4. The van der Waals surface area contributed by atoms with E-state index in [1.165, 1.54) is 43.9 Å². The molecule has 1 N–H and O–H groups in total. The Labute approximate surface area is 273 Å². The maximum absolute atomic E-state index is 15.3. The number of hydrogen-bond donors (Lipinski definition) is 1. The summed E-state index contributed by atoms with van der Waals surface area (Å²) in [5.41, 5.74) is 1.05. The Morgan fingerprint density at radius 3 is 2.20 bits per heavy atom. The standard InChI is InChI=1S/C33H37Cl2FN2O6S/c1-20(2)27(19-37(45(42,43)33(3,4)5)26-12-7-6-11-25(26)36)38-30(21-13-15-23(34)16-14-21)31(22-9-8-10-24(35)17-22)44-28(32(38)41)18-29(39)40/h6-17,20,27-28,30-31H,18-19H2,1-5H3,(H,39,40)/t27?,28-,30+,31+/m0/s1. The van der Waals surface area contributed by atoms with E-state index in [1.807, 2.05) is 13.8 Å². The van der Waals surface area contributed by atoms with Crippen molar-refractivity contribution in [3.8, 4) is 0 Å². The van der Waals surface area contributed by atoms with E-state index in [0.29, 0.717) is 21.2 Å². The van der Waals surface area contributed by atoms with Crippen LogP contribution in [0.3, 0.4) is 0 Å². The van der Waals surface area contributed by atoms with Gasteiger partial charge in [0.25, 0.3) is 5.91 Å². The summed E-state index contributed by atoms with van der Waals surface area (Å²) in [4.78, 5) is 27.8. The van der Waals surface area contributed by atoms with Crippen molar-refractivity contribution in [2.24, 2.45) is 5.92 Å². The van der Waals surface area contributed by atoms with Gasteiger partial charge in [0.05, 0.1) is 35.5 Å². The van der Waals surface area contributed by atoms with Crippen LogP contribution in [0.15, 0.2) is 72.8 Å². The number of sulfonamides is 1. The first-order chi connectivity index (χ1) is 21.0. The molecule has 4 atom stereocenters. The first-order valence-corrected chi connectivity index (χ1v) is 16.7. The Balaban J connectivity index is 1.97. The number of hydrogen-bond acceptors (Lipinski definition) is 5. The largest absolute Gasteiger partial charge is 0.481 e. The van der Waals surface area contributed by atoms with E-state index >= 15 is 4.39 Å². The zero-order valence-corrected chi connectivity index (χ0v) is 28.0. The van der Waals surface area contributed by atoms with E-state index in [2.05, 4.69) is 0 Å². The number of carboxylic acid groups (broad SMARTS) is 1. The molecule has 0 spiro atoms. The summed E-state index contributed by atoms with van der Waals surface area (Å²) in [5, 5.41) is 10.6. The molecule has 8 nitrogen and oxygen atoms in total. The van der Waals surface area contributed by atoms with Crippen LogP contribution < -0.4 is 4.31 Å². The van der Waals surface area contributed by atoms with Gasteiger partial charge in [-0.25, -0.2) is 12.8 Å². The highest BCUT2D eigenvalue weighted by molar-refractivity contribution is 7.94. The van der Waals surface area contributed by atoms with Crippen LogP contribution in [-0.4, -0.2) is 53.7 Å². The number of carboxylic acids is 1. The molecule has 0 aliphatic carbocycles. The Bertz CT molecular complexity index is 1650. The van der Waals surface area contributed by atoms with Crippen molar-refractivity contribution in [1.29, 1.82) is 0 Å². The number of amides is 1. The maximum Gasteiger partial charge on any atom is 0.306 e. The minimum absolute atomic E-state index is 0.157. The van der Waals surface area contributed by atoms with Gasteiger partial charge in [-0.3, -0.25) is 13.9 Å². The number of para-hydroxylation sites is 1. The van der Waals surface area contributed by atoms with Gasteiger partial charge < -0.3 is 14.7 Å². The third-order valence-corrected chi connectivity index (χ3v) is 10.8. The molecule has 3 aromatic carbocycles. The molecule has 1 fully saturated rings. The van der Waals surface area contributed by atoms with Gasteiger partial charge in [-0.1, -0.05) is 73.4 Å². The van der Waals surface area contributed by atoms with Crippen molar-refractivity contribution in [3.05, 3.63) is 99.8 Å². The first kappa shape index (κ1) is 34.7. The van der Waals surface area contributed by atoms with E-state index in [4.69, 9.17) is 27.9 Å². The van der Waals surface area contributed by atoms with Crippen molar-refractivity contribution >= 4 is 50.8 Å². The van der Waals surface area contributed by atoms with Crippen molar-refractivity contribution in [3.63, 3.8) is 0 Å². The number of carbonyl (C=O) groups is 2. The third kappa shape index (κ3) is 7.46. The van der Waals surface area contributed by atoms with Crippen LogP contribution in [0.25, 0.3) is 0 Å². The fraction of sp³-hybridized carbons (Fsp3) is 0.394. The molecule has 4 rings (SSSR count). The molecule has 12 heteroatoms. The van der Waals surface area contributed by atoms with Gasteiger partial charge in [-0.05, 0) is 74.2 Å². The molecule has 1 unspecified atom stereocenters. The highest BCUT2D eigenvalue weighted by Crippen LogP contribution is 2.45. The molecular weight excluding hydrogens is 642 g/mol. The van der Waals surface area contributed by atoms with Crippen molar-refractivity contribution < 1.29 is 32.2 Å². The van der Waals surface area contributed by atoms with Crippen LogP contribution in [0.4, 0.5) is 10.1 Å². The van der Waals surface area contributed by atoms with Crippen LogP contribution in [-0.2, 0) is 24.3 Å². The van der Waals surface area contributed by atoms with E-state index < -0.39 is 63.2 Å². The molecule has 1 heterocycles. The smallest absolute Gasteiger partial charge is 0.306 e. The molecule has 3 aromatic rings. The number of aliphatic carboxylic acids is 1. The predicted molar refractivity (Wildman–Crippen MR) is 173 cm³/mol. The van der Waals surface area contributed by atoms with E-state index in [0.717, 1.165) is 4.31 Å². The van der Waals surface area contributed by atoms with Gasteiger partial charge in [0.2, 0.25) is 10.0 Å². The summed E-state index contributed by atoms with van der Waals surface area (Å²) in [6, 6.07) is 17.5. The molecule has 1 aliphatic rings. The molecule has 0 bridgehead atoms. The molecule has 0 radical (unpaired) electrons. The second-order valence-corrected chi connectivity index (χ2v) is 15.8. The maximum atomic E-state index is 15.3. The van der Waals surface area contributed by atoms with Crippen molar-refractivity contribution in [1.82, 2.24) is 4.90 Å². The molecule has 1 aliphatic heterocycles. The number of benzene rings is 3. The lowest BCUT2D eigenvalue weighted by Crippen LogP contribution is -2.60. The monoisotopic (exact) mass is 678 g/mol. The average molecular weight is 680 g/mol. The van der Waals surface area contributed by atoms with Gasteiger partial charge in [0, 0.05) is 10.0 Å². The minimum Gasteiger partial charge on any atom is -0.481 e. The number of carbonyl (C=O) groups excluding carboxylic acids is 1. The number of halogens is 3. The topological polar surface area (TPSA) is 104 Å². The lowest BCUT2D eigenvalue weighted by molar-refractivity contribution is -0.184. The predicted octanol–water partition coefficient (Wildman–Crippen LogP) is 7.28. The molecule has 0 aromatic heterocycles. The number of ether oxygens (including phenoxy) is 1. The molecule has 0 saturated carbocycles. The zero-order chi connectivity index (χ0) is 33.3.